The Balaban J connectivity index is 1.98. The molecule has 2 aromatic carbocycles. The third kappa shape index (κ3) is 3.02. The summed E-state index contributed by atoms with van der Waals surface area (Å²) in [5.41, 5.74) is 8.66. The molecule has 3 rings (SSSR count). The highest BCUT2D eigenvalue weighted by Crippen LogP contribution is 2.43. The van der Waals surface area contributed by atoms with E-state index in [1.807, 2.05) is 24.3 Å². The Hall–Kier alpha value is -2.49. The van der Waals surface area contributed by atoms with Crippen LogP contribution < -0.4 is 10.6 Å². The van der Waals surface area contributed by atoms with E-state index in [1.165, 1.54) is 5.56 Å². The minimum Gasteiger partial charge on any atom is -0.441 e. The second kappa shape index (κ2) is 6.32. The summed E-state index contributed by atoms with van der Waals surface area (Å²) in [5, 5.41) is 0. The van der Waals surface area contributed by atoms with Gasteiger partial charge in [-0.3, -0.25) is 0 Å². The average molecular weight is 310 g/mol. The quantitative estimate of drug-likeness (QED) is 0.936. The molecule has 4 nitrogen and oxygen atoms in total. The first kappa shape index (κ1) is 15.4. The van der Waals surface area contributed by atoms with E-state index in [1.54, 1.807) is 0 Å². The third-order valence-corrected chi connectivity index (χ3v) is 4.72. The number of primary amides is 1. The number of anilines is 1. The molecule has 2 N–H and O–H groups in total. The van der Waals surface area contributed by atoms with Gasteiger partial charge in [-0.05, 0) is 18.6 Å². The summed E-state index contributed by atoms with van der Waals surface area (Å²) in [4.78, 5) is 13.7. The lowest BCUT2D eigenvalue weighted by Crippen LogP contribution is -2.45. The van der Waals surface area contributed by atoms with Crippen molar-refractivity contribution in [2.75, 3.05) is 4.90 Å². The number of rotatable bonds is 3. The van der Waals surface area contributed by atoms with Gasteiger partial charge in [-0.15, -0.1) is 0 Å². The Labute approximate surface area is 136 Å². The van der Waals surface area contributed by atoms with Crippen molar-refractivity contribution in [3.05, 3.63) is 65.7 Å². The van der Waals surface area contributed by atoms with Crippen LogP contribution in [0.25, 0.3) is 0 Å². The van der Waals surface area contributed by atoms with Crippen molar-refractivity contribution in [1.29, 1.82) is 0 Å². The summed E-state index contributed by atoms with van der Waals surface area (Å²) in [7, 11) is 0. The molecule has 1 aliphatic heterocycles. The lowest BCUT2D eigenvalue weighted by molar-refractivity contribution is 0.0602. The first-order chi connectivity index (χ1) is 11.1. The van der Waals surface area contributed by atoms with Crippen molar-refractivity contribution in [3.63, 3.8) is 0 Å². The molecule has 23 heavy (non-hydrogen) atoms. The van der Waals surface area contributed by atoms with Crippen LogP contribution in [0.2, 0.25) is 0 Å². The van der Waals surface area contributed by atoms with Crippen molar-refractivity contribution >= 4 is 11.8 Å². The number of fused-ring (bicyclic) bond motifs is 1. The molecule has 0 saturated heterocycles. The highest BCUT2D eigenvalue weighted by atomic mass is 16.6. The zero-order valence-corrected chi connectivity index (χ0v) is 13.5. The molecule has 2 aromatic rings. The van der Waals surface area contributed by atoms with E-state index < -0.39 is 6.09 Å². The molecule has 0 fully saturated rings. The Bertz CT molecular complexity index is 687. The maximum Gasteiger partial charge on any atom is 0.405 e. The standard InChI is InChI=1S/C19H22N2O2/c1-13-14(2)21(12-15-8-4-3-5-9-15)17-11-7-6-10-16(17)18(13)23-19(20)22/h3-11,13-14,18H,12H2,1-2H3,(H2,20,22)/t13-,14-,18+/m0/s1. The van der Waals surface area contributed by atoms with Crippen molar-refractivity contribution in [2.24, 2.45) is 11.7 Å². The molecule has 1 amide bonds. The number of nitrogens with two attached hydrogens (primary N) is 1. The van der Waals surface area contributed by atoms with E-state index in [0.29, 0.717) is 0 Å². The summed E-state index contributed by atoms with van der Waals surface area (Å²) >= 11 is 0. The predicted molar refractivity (Wildman–Crippen MR) is 91.1 cm³/mol. The monoisotopic (exact) mass is 310 g/mol. The van der Waals surface area contributed by atoms with Crippen LogP contribution in [0.1, 0.15) is 31.1 Å². The molecule has 0 radical (unpaired) electrons. The van der Waals surface area contributed by atoms with Gasteiger partial charge in [0.05, 0.1) is 0 Å². The van der Waals surface area contributed by atoms with Gasteiger partial charge in [0.15, 0.2) is 0 Å². The number of hydrogen-bond acceptors (Lipinski definition) is 3. The van der Waals surface area contributed by atoms with Gasteiger partial charge in [0.1, 0.15) is 6.10 Å². The first-order valence-electron chi connectivity index (χ1n) is 7.93. The number of nitrogens with zero attached hydrogens (tertiary/aromatic N) is 1. The highest BCUT2D eigenvalue weighted by Gasteiger charge is 2.38. The number of benzene rings is 2. The first-order valence-corrected chi connectivity index (χ1v) is 7.93. The largest absolute Gasteiger partial charge is 0.441 e. The number of carbonyl (C=O) groups is 1. The molecule has 0 bridgehead atoms. The van der Waals surface area contributed by atoms with Gasteiger partial charge in [-0.25, -0.2) is 4.79 Å². The van der Waals surface area contributed by atoms with E-state index in [0.717, 1.165) is 17.8 Å². The fourth-order valence-electron chi connectivity index (χ4n) is 3.33. The molecule has 4 heteroatoms. The van der Waals surface area contributed by atoms with Gasteiger partial charge < -0.3 is 15.4 Å². The van der Waals surface area contributed by atoms with Crippen LogP contribution in [0.5, 0.6) is 0 Å². The van der Waals surface area contributed by atoms with Crippen molar-refractivity contribution in [1.82, 2.24) is 0 Å². The molecule has 0 aliphatic carbocycles. The summed E-state index contributed by atoms with van der Waals surface area (Å²) in [5.74, 6) is 0.154. The number of ether oxygens (including phenoxy) is 1. The van der Waals surface area contributed by atoms with Gasteiger partial charge in [-0.1, -0.05) is 55.5 Å². The fourth-order valence-corrected chi connectivity index (χ4v) is 3.33. The van der Waals surface area contributed by atoms with Gasteiger partial charge in [0.2, 0.25) is 0 Å². The smallest absolute Gasteiger partial charge is 0.405 e. The van der Waals surface area contributed by atoms with E-state index in [9.17, 15) is 4.79 Å². The minimum absolute atomic E-state index is 0.154. The molecule has 0 spiro atoms. The van der Waals surface area contributed by atoms with E-state index >= 15 is 0 Å². The Morgan fingerprint density at radius 3 is 2.43 bits per heavy atom. The van der Waals surface area contributed by atoms with Gasteiger partial charge in [0.25, 0.3) is 0 Å². The number of carbonyl (C=O) groups excluding carboxylic acids is 1. The second-order valence-corrected chi connectivity index (χ2v) is 6.13. The van der Waals surface area contributed by atoms with Gasteiger partial charge in [0, 0.05) is 29.8 Å². The van der Waals surface area contributed by atoms with Crippen LogP contribution in [0.15, 0.2) is 54.6 Å². The molecular formula is C19H22N2O2. The summed E-state index contributed by atoms with van der Waals surface area (Å²) in [6, 6.07) is 18.7. The molecule has 0 saturated carbocycles. The lowest BCUT2D eigenvalue weighted by atomic mass is 9.84. The summed E-state index contributed by atoms with van der Waals surface area (Å²) in [6.45, 7) is 5.10. The van der Waals surface area contributed by atoms with E-state index in [-0.39, 0.29) is 18.1 Å². The lowest BCUT2D eigenvalue weighted by Gasteiger charge is -2.44. The normalized spacial score (nSPS) is 23.2. The Morgan fingerprint density at radius 1 is 1.09 bits per heavy atom. The topological polar surface area (TPSA) is 55.6 Å². The van der Waals surface area contributed by atoms with Crippen LogP contribution in [-0.2, 0) is 11.3 Å². The zero-order chi connectivity index (χ0) is 16.4. The molecule has 3 atom stereocenters. The third-order valence-electron chi connectivity index (χ3n) is 4.72. The maximum absolute atomic E-state index is 11.3. The Kier molecular flexibility index (Phi) is 4.24. The molecule has 0 unspecified atom stereocenters. The highest BCUT2D eigenvalue weighted by molar-refractivity contribution is 5.66. The molecule has 1 aliphatic rings. The van der Waals surface area contributed by atoms with Crippen molar-refractivity contribution in [2.45, 2.75) is 32.5 Å². The van der Waals surface area contributed by atoms with Crippen LogP contribution >= 0.6 is 0 Å². The SMILES string of the molecule is C[C@@H]1[C@@H](OC(N)=O)c2ccccc2N(Cc2ccccc2)[C@H]1C. The summed E-state index contributed by atoms with van der Waals surface area (Å²) in [6.07, 6.45) is -1.02. The molecule has 120 valence electrons. The molecule has 0 aromatic heterocycles. The average Bonchev–Trinajstić information content (AvgIpc) is 2.56. The maximum atomic E-state index is 11.3. The van der Waals surface area contributed by atoms with Crippen molar-refractivity contribution < 1.29 is 9.53 Å². The van der Waals surface area contributed by atoms with Crippen LogP contribution in [0.3, 0.4) is 0 Å². The minimum atomic E-state index is -0.722. The van der Waals surface area contributed by atoms with Gasteiger partial charge >= 0.3 is 6.09 Å². The van der Waals surface area contributed by atoms with E-state index in [2.05, 4.69) is 49.1 Å². The zero-order valence-electron chi connectivity index (χ0n) is 13.5. The fraction of sp³-hybridized carbons (Fsp3) is 0.316. The van der Waals surface area contributed by atoms with Gasteiger partial charge in [-0.2, -0.15) is 0 Å². The number of hydrogen-bond donors (Lipinski definition) is 1. The molecule has 1 heterocycles. The second-order valence-electron chi connectivity index (χ2n) is 6.13. The predicted octanol–water partition coefficient (Wildman–Crippen LogP) is 3.87. The summed E-state index contributed by atoms with van der Waals surface area (Å²) < 4.78 is 5.41. The van der Waals surface area contributed by atoms with Crippen LogP contribution in [0.4, 0.5) is 10.5 Å². The number of amides is 1. The molecular weight excluding hydrogens is 288 g/mol. The Morgan fingerprint density at radius 2 is 1.74 bits per heavy atom. The van der Waals surface area contributed by atoms with Crippen molar-refractivity contribution in [3.8, 4) is 0 Å². The van der Waals surface area contributed by atoms with Crippen LogP contribution in [0, 0.1) is 5.92 Å². The number of para-hydroxylation sites is 1. The van der Waals surface area contributed by atoms with E-state index in [4.69, 9.17) is 10.5 Å². The van der Waals surface area contributed by atoms with Crippen LogP contribution in [-0.4, -0.2) is 12.1 Å².